The molecule has 2 aromatic heterocycles. The lowest BCUT2D eigenvalue weighted by Crippen LogP contribution is -2.27. The number of thiazole rings is 1. The van der Waals surface area contributed by atoms with Crippen LogP contribution in [0.4, 0.5) is 10.8 Å². The Morgan fingerprint density at radius 3 is 2.86 bits per heavy atom. The fourth-order valence-corrected chi connectivity index (χ4v) is 3.18. The van der Waals surface area contributed by atoms with Crippen molar-refractivity contribution < 1.29 is 4.79 Å². The summed E-state index contributed by atoms with van der Waals surface area (Å²) >= 11 is 1.45. The van der Waals surface area contributed by atoms with Crippen LogP contribution in [0, 0.1) is 0 Å². The number of pyridine rings is 1. The first-order valence-corrected chi connectivity index (χ1v) is 8.49. The summed E-state index contributed by atoms with van der Waals surface area (Å²) < 4.78 is 0. The van der Waals surface area contributed by atoms with E-state index in [1.54, 1.807) is 17.8 Å². The van der Waals surface area contributed by atoms with Crippen molar-refractivity contribution in [1.82, 2.24) is 9.97 Å². The zero-order valence-electron chi connectivity index (χ0n) is 12.8. The monoisotopic (exact) mass is 316 g/mol. The maximum Gasteiger partial charge on any atom is 0.256 e. The molecular weight excluding hydrogens is 296 g/mol. The molecule has 0 radical (unpaired) electrons. The molecule has 2 heterocycles. The second-order valence-corrected chi connectivity index (χ2v) is 6.73. The van der Waals surface area contributed by atoms with E-state index < -0.39 is 0 Å². The molecule has 1 saturated carbocycles. The fraction of sp³-hybridized carbons (Fsp3) is 0.438. The number of anilines is 2. The van der Waals surface area contributed by atoms with Crippen LogP contribution < -0.4 is 10.6 Å². The molecule has 6 heteroatoms. The Morgan fingerprint density at radius 2 is 2.18 bits per heavy atom. The van der Waals surface area contributed by atoms with Gasteiger partial charge in [-0.2, -0.15) is 0 Å². The summed E-state index contributed by atoms with van der Waals surface area (Å²) in [6.07, 6.45) is 5.29. The summed E-state index contributed by atoms with van der Waals surface area (Å²) in [5.74, 6) is 0.936. The average molecular weight is 316 g/mol. The largest absolute Gasteiger partial charge is 0.367 e. The van der Waals surface area contributed by atoms with E-state index in [1.807, 2.05) is 6.07 Å². The van der Waals surface area contributed by atoms with Crippen LogP contribution >= 0.6 is 11.3 Å². The van der Waals surface area contributed by atoms with Crippen molar-refractivity contribution >= 4 is 28.1 Å². The molecule has 1 aliphatic carbocycles. The van der Waals surface area contributed by atoms with Gasteiger partial charge in [0.1, 0.15) is 10.8 Å². The first-order chi connectivity index (χ1) is 10.6. The number of aromatic nitrogens is 2. The Morgan fingerprint density at radius 1 is 1.36 bits per heavy atom. The van der Waals surface area contributed by atoms with Gasteiger partial charge in [-0.25, -0.2) is 9.97 Å². The predicted molar refractivity (Wildman–Crippen MR) is 89.7 cm³/mol. The van der Waals surface area contributed by atoms with Gasteiger partial charge in [-0.05, 0) is 37.3 Å². The molecule has 0 unspecified atom stereocenters. The summed E-state index contributed by atoms with van der Waals surface area (Å²) in [5.41, 5.74) is 3.31. The molecule has 3 rings (SSSR count). The van der Waals surface area contributed by atoms with Gasteiger partial charge in [0.15, 0.2) is 0 Å². The highest BCUT2D eigenvalue weighted by Crippen LogP contribution is 2.27. The number of carbonyl (C=O) groups excluding carboxylic acids is 1. The zero-order valence-corrected chi connectivity index (χ0v) is 13.6. The van der Waals surface area contributed by atoms with Gasteiger partial charge in [0.25, 0.3) is 5.91 Å². The van der Waals surface area contributed by atoms with E-state index >= 15 is 0 Å². The maximum atomic E-state index is 12.4. The minimum absolute atomic E-state index is 0.120. The highest BCUT2D eigenvalue weighted by atomic mass is 32.1. The number of carbonyl (C=O) groups is 1. The smallest absolute Gasteiger partial charge is 0.256 e. The van der Waals surface area contributed by atoms with E-state index in [0.29, 0.717) is 11.6 Å². The predicted octanol–water partition coefficient (Wildman–Crippen LogP) is 3.88. The molecule has 5 nitrogen and oxygen atoms in total. The van der Waals surface area contributed by atoms with Gasteiger partial charge in [-0.3, -0.25) is 4.79 Å². The molecule has 0 saturated heterocycles. The minimum atomic E-state index is -0.120. The number of hydrogen-bond donors (Lipinski definition) is 2. The van der Waals surface area contributed by atoms with E-state index in [-0.39, 0.29) is 11.8 Å². The molecule has 0 aliphatic heterocycles. The van der Waals surface area contributed by atoms with Crippen LogP contribution in [0.3, 0.4) is 0 Å². The summed E-state index contributed by atoms with van der Waals surface area (Å²) in [5, 5.41) is 7.14. The van der Waals surface area contributed by atoms with Crippen molar-refractivity contribution in [3.63, 3.8) is 0 Å². The van der Waals surface area contributed by atoms with Gasteiger partial charge < -0.3 is 10.6 Å². The van der Waals surface area contributed by atoms with Crippen LogP contribution in [0.15, 0.2) is 23.8 Å². The molecule has 1 aliphatic rings. The van der Waals surface area contributed by atoms with Crippen LogP contribution in [0.5, 0.6) is 0 Å². The third-order valence-electron chi connectivity index (χ3n) is 3.85. The number of nitrogens with one attached hydrogen (secondary N) is 2. The van der Waals surface area contributed by atoms with E-state index in [2.05, 4.69) is 34.4 Å². The van der Waals surface area contributed by atoms with Crippen molar-refractivity contribution in [3.8, 4) is 0 Å². The molecule has 0 bridgehead atoms. The Balaban J connectivity index is 1.71. The maximum absolute atomic E-state index is 12.4. The Kier molecular flexibility index (Phi) is 4.38. The van der Waals surface area contributed by atoms with Gasteiger partial charge in [0.05, 0.1) is 11.2 Å². The van der Waals surface area contributed by atoms with Crippen LogP contribution in [0.25, 0.3) is 0 Å². The fourth-order valence-electron chi connectivity index (χ4n) is 2.35. The van der Waals surface area contributed by atoms with E-state index in [1.165, 1.54) is 30.6 Å². The minimum Gasteiger partial charge on any atom is -0.367 e. The molecule has 0 atom stereocenters. The first kappa shape index (κ1) is 15.0. The van der Waals surface area contributed by atoms with Crippen LogP contribution in [0.1, 0.15) is 55.1 Å². The van der Waals surface area contributed by atoms with Crippen molar-refractivity contribution in [2.45, 2.75) is 45.1 Å². The third kappa shape index (κ3) is 3.27. The van der Waals surface area contributed by atoms with E-state index in [0.717, 1.165) is 16.5 Å². The molecule has 0 spiro atoms. The Bertz CT molecular complexity index is 664. The molecule has 22 heavy (non-hydrogen) atoms. The van der Waals surface area contributed by atoms with E-state index in [9.17, 15) is 4.79 Å². The first-order valence-electron chi connectivity index (χ1n) is 7.61. The quantitative estimate of drug-likeness (QED) is 0.878. The second-order valence-electron chi connectivity index (χ2n) is 5.88. The van der Waals surface area contributed by atoms with E-state index in [4.69, 9.17) is 0 Å². The highest BCUT2D eigenvalue weighted by molar-refractivity contribution is 7.14. The van der Waals surface area contributed by atoms with Gasteiger partial charge in [-0.15, -0.1) is 11.3 Å². The second kappa shape index (κ2) is 6.44. The summed E-state index contributed by atoms with van der Waals surface area (Å²) in [7, 11) is 0. The molecule has 2 N–H and O–H groups in total. The van der Waals surface area contributed by atoms with Crippen molar-refractivity contribution in [3.05, 3.63) is 35.1 Å². The van der Waals surface area contributed by atoms with Crippen LogP contribution in [-0.2, 0) is 0 Å². The van der Waals surface area contributed by atoms with Gasteiger partial charge >= 0.3 is 0 Å². The van der Waals surface area contributed by atoms with Crippen molar-refractivity contribution in [2.75, 3.05) is 10.6 Å². The molecular formula is C16H20N4OS. The molecule has 0 aromatic carbocycles. The SMILES string of the molecule is CC(C)c1ncsc1NC(=O)c1ccnc(NC2CCC2)c1. The Labute approximate surface area is 134 Å². The zero-order chi connectivity index (χ0) is 15.5. The summed E-state index contributed by atoms with van der Waals surface area (Å²) in [4.78, 5) is 21.0. The van der Waals surface area contributed by atoms with Gasteiger partial charge in [0.2, 0.25) is 0 Å². The standard InChI is InChI=1S/C16H20N4OS/c1-10(2)14-16(22-9-18-14)20-15(21)11-6-7-17-13(8-11)19-12-4-3-5-12/h6-10,12H,3-5H2,1-2H3,(H,17,19)(H,20,21). The third-order valence-corrected chi connectivity index (χ3v) is 4.61. The normalized spacial score (nSPS) is 14.7. The number of nitrogens with zero attached hydrogens (tertiary/aromatic N) is 2. The lowest BCUT2D eigenvalue weighted by molar-refractivity contribution is 0.102. The molecule has 1 fully saturated rings. The highest BCUT2D eigenvalue weighted by Gasteiger charge is 2.18. The molecule has 116 valence electrons. The number of hydrogen-bond acceptors (Lipinski definition) is 5. The van der Waals surface area contributed by atoms with Crippen LogP contribution in [-0.4, -0.2) is 21.9 Å². The van der Waals surface area contributed by atoms with Gasteiger partial charge in [0, 0.05) is 17.8 Å². The average Bonchev–Trinajstić information content (AvgIpc) is 2.91. The number of amides is 1. The summed E-state index contributed by atoms with van der Waals surface area (Å²) in [6, 6.07) is 4.04. The topological polar surface area (TPSA) is 66.9 Å². The lowest BCUT2D eigenvalue weighted by atomic mass is 9.93. The lowest BCUT2D eigenvalue weighted by Gasteiger charge is -2.26. The Hall–Kier alpha value is -1.95. The van der Waals surface area contributed by atoms with Crippen molar-refractivity contribution in [1.29, 1.82) is 0 Å². The summed E-state index contributed by atoms with van der Waals surface area (Å²) in [6.45, 7) is 4.13. The number of rotatable bonds is 5. The molecule has 1 amide bonds. The van der Waals surface area contributed by atoms with Gasteiger partial charge in [-0.1, -0.05) is 13.8 Å². The van der Waals surface area contributed by atoms with Crippen LogP contribution in [0.2, 0.25) is 0 Å². The van der Waals surface area contributed by atoms with Crippen molar-refractivity contribution in [2.24, 2.45) is 0 Å². The molecule has 2 aromatic rings.